The fraction of sp³-hybridized carbons (Fsp3) is 0.500. The molecule has 1 fully saturated rings. The highest BCUT2D eigenvalue weighted by Crippen LogP contribution is 2.29. The largest absolute Gasteiger partial charge is 0.375 e. The molecule has 0 saturated carbocycles. The SMILES string of the molecule is CCC1CN(S(=O)(=O)c2cc([N+](=O)[O-])ccc2Cl)CCO1. The second-order valence-corrected chi connectivity index (χ2v) is 6.95. The molecule has 1 aromatic carbocycles. The highest BCUT2D eigenvalue weighted by molar-refractivity contribution is 7.89. The number of halogens is 1. The summed E-state index contributed by atoms with van der Waals surface area (Å²) < 4.78 is 31.9. The maximum atomic E-state index is 12.6. The van der Waals surface area contributed by atoms with Crippen molar-refractivity contribution in [3.8, 4) is 0 Å². The first kappa shape index (κ1) is 16.2. The minimum Gasteiger partial charge on any atom is -0.375 e. The lowest BCUT2D eigenvalue weighted by Crippen LogP contribution is -2.45. The van der Waals surface area contributed by atoms with Gasteiger partial charge in [0.1, 0.15) is 4.90 Å². The zero-order valence-corrected chi connectivity index (χ0v) is 12.9. The van der Waals surface area contributed by atoms with Crippen molar-refractivity contribution in [2.45, 2.75) is 24.3 Å². The van der Waals surface area contributed by atoms with Crippen LogP contribution in [-0.4, -0.2) is 43.4 Å². The van der Waals surface area contributed by atoms with Gasteiger partial charge in [0.15, 0.2) is 0 Å². The van der Waals surface area contributed by atoms with E-state index in [0.29, 0.717) is 13.0 Å². The van der Waals surface area contributed by atoms with E-state index in [1.54, 1.807) is 0 Å². The van der Waals surface area contributed by atoms with E-state index in [0.717, 1.165) is 6.07 Å². The summed E-state index contributed by atoms with van der Waals surface area (Å²) in [6.45, 7) is 2.63. The summed E-state index contributed by atoms with van der Waals surface area (Å²) in [6.07, 6.45) is 0.514. The Morgan fingerprint density at radius 3 is 2.86 bits per heavy atom. The van der Waals surface area contributed by atoms with Crippen LogP contribution in [0.1, 0.15) is 13.3 Å². The Balaban J connectivity index is 2.39. The van der Waals surface area contributed by atoms with Crippen molar-refractivity contribution in [1.29, 1.82) is 0 Å². The number of benzene rings is 1. The molecule has 116 valence electrons. The lowest BCUT2D eigenvalue weighted by molar-refractivity contribution is -0.385. The first-order chi connectivity index (χ1) is 9.86. The number of morpholine rings is 1. The Morgan fingerprint density at radius 1 is 1.52 bits per heavy atom. The van der Waals surface area contributed by atoms with E-state index >= 15 is 0 Å². The molecule has 0 aromatic heterocycles. The first-order valence-corrected chi connectivity index (χ1v) is 8.23. The van der Waals surface area contributed by atoms with Crippen LogP contribution in [0.3, 0.4) is 0 Å². The molecule has 0 amide bonds. The number of hydrogen-bond donors (Lipinski definition) is 0. The van der Waals surface area contributed by atoms with Gasteiger partial charge in [-0.1, -0.05) is 18.5 Å². The van der Waals surface area contributed by atoms with Crippen molar-refractivity contribution >= 4 is 27.3 Å². The van der Waals surface area contributed by atoms with Crippen molar-refractivity contribution < 1.29 is 18.1 Å². The second-order valence-electron chi connectivity index (χ2n) is 4.64. The minimum atomic E-state index is -3.87. The minimum absolute atomic E-state index is 0.0276. The molecule has 1 atom stereocenters. The average Bonchev–Trinajstić information content (AvgIpc) is 2.47. The van der Waals surface area contributed by atoms with Crippen LogP contribution in [0.15, 0.2) is 23.1 Å². The molecule has 7 nitrogen and oxygen atoms in total. The van der Waals surface area contributed by atoms with Crippen LogP contribution >= 0.6 is 11.6 Å². The maximum absolute atomic E-state index is 12.6. The molecule has 0 bridgehead atoms. The van der Waals surface area contributed by atoms with Crippen LogP contribution in [-0.2, 0) is 14.8 Å². The zero-order chi connectivity index (χ0) is 15.6. The van der Waals surface area contributed by atoms with E-state index in [1.807, 2.05) is 6.92 Å². The Morgan fingerprint density at radius 2 is 2.24 bits per heavy atom. The lowest BCUT2D eigenvalue weighted by Gasteiger charge is -2.31. The number of nitro benzene ring substituents is 1. The van der Waals surface area contributed by atoms with Crippen molar-refractivity contribution in [2.24, 2.45) is 0 Å². The average molecular weight is 335 g/mol. The van der Waals surface area contributed by atoms with Gasteiger partial charge in [0.05, 0.1) is 22.7 Å². The molecule has 1 unspecified atom stereocenters. The van der Waals surface area contributed by atoms with E-state index in [9.17, 15) is 18.5 Å². The van der Waals surface area contributed by atoms with Crippen molar-refractivity contribution in [3.63, 3.8) is 0 Å². The number of hydrogen-bond acceptors (Lipinski definition) is 5. The van der Waals surface area contributed by atoms with Gasteiger partial charge in [-0.15, -0.1) is 0 Å². The summed E-state index contributed by atoms with van der Waals surface area (Å²) in [7, 11) is -3.87. The van der Waals surface area contributed by atoms with Gasteiger partial charge in [-0.2, -0.15) is 4.31 Å². The summed E-state index contributed by atoms with van der Waals surface area (Å²) in [6, 6.07) is 3.40. The van der Waals surface area contributed by atoms with Crippen molar-refractivity contribution in [2.75, 3.05) is 19.7 Å². The van der Waals surface area contributed by atoms with E-state index in [4.69, 9.17) is 16.3 Å². The molecule has 21 heavy (non-hydrogen) atoms. The van der Waals surface area contributed by atoms with Gasteiger partial charge in [-0.3, -0.25) is 10.1 Å². The fourth-order valence-corrected chi connectivity index (χ4v) is 4.05. The van der Waals surface area contributed by atoms with Gasteiger partial charge in [0, 0.05) is 25.2 Å². The molecule has 0 aliphatic carbocycles. The third kappa shape index (κ3) is 3.34. The van der Waals surface area contributed by atoms with Crippen molar-refractivity contribution in [3.05, 3.63) is 33.3 Å². The molecular formula is C12H15ClN2O5S. The molecule has 1 saturated heterocycles. The Hall–Kier alpha value is -1.22. The molecule has 1 heterocycles. The monoisotopic (exact) mass is 334 g/mol. The normalized spacial score (nSPS) is 20.4. The van der Waals surface area contributed by atoms with Gasteiger partial charge in [-0.05, 0) is 12.5 Å². The van der Waals surface area contributed by atoms with Gasteiger partial charge in [-0.25, -0.2) is 8.42 Å². The third-order valence-electron chi connectivity index (χ3n) is 3.30. The molecule has 1 aromatic rings. The highest BCUT2D eigenvalue weighted by atomic mass is 35.5. The summed E-state index contributed by atoms with van der Waals surface area (Å²) in [5, 5.41) is 10.8. The molecule has 2 rings (SSSR count). The van der Waals surface area contributed by atoms with Crippen molar-refractivity contribution in [1.82, 2.24) is 4.31 Å². The van der Waals surface area contributed by atoms with Gasteiger partial charge in [0.25, 0.3) is 5.69 Å². The fourth-order valence-electron chi connectivity index (χ4n) is 2.10. The molecule has 0 N–H and O–H groups in total. The Bertz CT molecular complexity index is 649. The Kier molecular flexibility index (Phi) is 4.82. The number of rotatable bonds is 4. The van der Waals surface area contributed by atoms with E-state index in [2.05, 4.69) is 0 Å². The Labute approximate surface area is 127 Å². The van der Waals surface area contributed by atoms with Gasteiger partial charge in [0.2, 0.25) is 10.0 Å². The second kappa shape index (κ2) is 6.27. The highest BCUT2D eigenvalue weighted by Gasteiger charge is 2.32. The predicted molar refractivity (Wildman–Crippen MR) is 76.9 cm³/mol. The van der Waals surface area contributed by atoms with Crippen LogP contribution in [0.5, 0.6) is 0 Å². The predicted octanol–water partition coefficient (Wildman–Crippen LogP) is 2.05. The van der Waals surface area contributed by atoms with Gasteiger partial charge >= 0.3 is 0 Å². The number of nitro groups is 1. The topological polar surface area (TPSA) is 89.8 Å². The van der Waals surface area contributed by atoms with Crippen LogP contribution in [0, 0.1) is 10.1 Å². The number of ether oxygens (including phenoxy) is 1. The van der Waals surface area contributed by atoms with E-state index in [1.165, 1.54) is 16.4 Å². The summed E-state index contributed by atoms with van der Waals surface area (Å²) in [5.41, 5.74) is -0.307. The third-order valence-corrected chi connectivity index (χ3v) is 5.65. The first-order valence-electron chi connectivity index (χ1n) is 6.42. The van der Waals surface area contributed by atoms with E-state index in [-0.39, 0.29) is 34.8 Å². The van der Waals surface area contributed by atoms with Gasteiger partial charge < -0.3 is 4.74 Å². The smallest absolute Gasteiger partial charge is 0.270 e. The molecular weight excluding hydrogens is 320 g/mol. The maximum Gasteiger partial charge on any atom is 0.270 e. The molecule has 0 radical (unpaired) electrons. The summed E-state index contributed by atoms with van der Waals surface area (Å²) >= 11 is 5.92. The number of non-ortho nitro benzene ring substituents is 1. The van der Waals surface area contributed by atoms with Crippen LogP contribution in [0.2, 0.25) is 5.02 Å². The summed E-state index contributed by atoms with van der Waals surface area (Å²) in [5.74, 6) is 0. The molecule has 1 aliphatic heterocycles. The van der Waals surface area contributed by atoms with E-state index < -0.39 is 14.9 Å². The summed E-state index contributed by atoms with van der Waals surface area (Å²) in [4.78, 5) is 9.91. The zero-order valence-electron chi connectivity index (χ0n) is 11.4. The van der Waals surface area contributed by atoms with Crippen LogP contribution < -0.4 is 0 Å². The number of sulfonamides is 1. The number of nitrogens with zero attached hydrogens (tertiary/aromatic N) is 2. The van der Waals surface area contributed by atoms with Crippen LogP contribution in [0.4, 0.5) is 5.69 Å². The molecule has 1 aliphatic rings. The standard InChI is InChI=1S/C12H15ClN2O5S/c1-2-10-8-14(5-6-20-10)21(18,19)12-7-9(15(16)17)3-4-11(12)13/h3-4,7,10H,2,5-6,8H2,1H3. The van der Waals surface area contributed by atoms with Crippen LogP contribution in [0.25, 0.3) is 0 Å². The molecule has 9 heteroatoms. The molecule has 0 spiro atoms. The lowest BCUT2D eigenvalue weighted by atomic mass is 10.2. The quantitative estimate of drug-likeness (QED) is 0.621.